The molecule has 2 heterocycles. The number of likely N-dealkylation sites (N-methyl/N-ethyl adjacent to an activating group) is 1. The summed E-state index contributed by atoms with van der Waals surface area (Å²) in [6, 6.07) is 3.32. The molecule has 0 bridgehead atoms. The lowest BCUT2D eigenvalue weighted by molar-refractivity contribution is -0.133. The Labute approximate surface area is 166 Å². The number of benzene rings is 1. The van der Waals surface area contributed by atoms with Crippen LogP contribution in [0.5, 0.6) is 0 Å². The van der Waals surface area contributed by atoms with Gasteiger partial charge in [-0.3, -0.25) is 14.2 Å². The van der Waals surface area contributed by atoms with E-state index in [2.05, 4.69) is 5.10 Å². The van der Waals surface area contributed by atoms with Gasteiger partial charge in [0.25, 0.3) is 0 Å². The average molecular weight is 407 g/mol. The van der Waals surface area contributed by atoms with Gasteiger partial charge in [-0.2, -0.15) is 5.10 Å². The van der Waals surface area contributed by atoms with Crippen LogP contribution in [0.15, 0.2) is 23.0 Å². The van der Waals surface area contributed by atoms with E-state index in [-0.39, 0.29) is 49.1 Å². The molecule has 3 rings (SSSR count). The largest absolute Gasteiger partial charge is 0.347 e. The van der Waals surface area contributed by atoms with Gasteiger partial charge in [0.2, 0.25) is 11.8 Å². The van der Waals surface area contributed by atoms with Crippen LogP contribution in [0.3, 0.4) is 0 Å². The van der Waals surface area contributed by atoms with Gasteiger partial charge in [-0.1, -0.05) is 13.0 Å². The number of fused-ring (bicyclic) bond motifs is 1. The Kier molecular flexibility index (Phi) is 5.81. The lowest BCUT2D eigenvalue weighted by Gasteiger charge is -2.27. The summed E-state index contributed by atoms with van der Waals surface area (Å²) in [6.07, 6.45) is 0.0482. The SMILES string of the molecule is C[C@@H](CC(=O)N1CCn2c(nn(CC(=O)N(C)C)c2=O)C1)c1ccc(F)cc1F. The number of carbonyl (C=O) groups excluding carboxylic acids is 2. The van der Waals surface area contributed by atoms with Crippen LogP contribution in [-0.4, -0.2) is 56.6 Å². The maximum absolute atomic E-state index is 14.0. The molecule has 2 amide bonds. The quantitative estimate of drug-likeness (QED) is 0.739. The van der Waals surface area contributed by atoms with Crippen molar-refractivity contribution in [3.05, 3.63) is 51.7 Å². The molecule has 1 atom stereocenters. The molecule has 0 spiro atoms. The van der Waals surface area contributed by atoms with E-state index in [4.69, 9.17) is 0 Å². The first-order valence-electron chi connectivity index (χ1n) is 9.26. The van der Waals surface area contributed by atoms with Crippen molar-refractivity contribution in [1.29, 1.82) is 0 Å². The van der Waals surface area contributed by atoms with E-state index in [0.29, 0.717) is 12.4 Å². The lowest BCUT2D eigenvalue weighted by Crippen LogP contribution is -2.41. The number of carbonyl (C=O) groups is 2. The van der Waals surface area contributed by atoms with Crippen LogP contribution in [-0.2, 0) is 29.2 Å². The van der Waals surface area contributed by atoms with Crippen molar-refractivity contribution >= 4 is 11.8 Å². The second kappa shape index (κ2) is 8.14. The lowest BCUT2D eigenvalue weighted by atomic mass is 9.96. The Bertz CT molecular complexity index is 998. The molecule has 10 heteroatoms. The molecule has 0 unspecified atom stereocenters. The van der Waals surface area contributed by atoms with Crippen molar-refractivity contribution in [3.8, 4) is 0 Å². The summed E-state index contributed by atoms with van der Waals surface area (Å²) in [5.74, 6) is -1.84. The molecule has 0 fully saturated rings. The standard InChI is InChI=1S/C19H23F2N5O3/c1-12(14-5-4-13(20)9-15(14)21)8-17(27)24-6-7-25-16(10-24)22-26(19(25)29)11-18(28)23(2)3/h4-5,9,12H,6-8,10-11H2,1-3H3/t12-/m0/s1. The predicted molar refractivity (Wildman–Crippen MR) is 100.0 cm³/mol. The van der Waals surface area contributed by atoms with Gasteiger partial charge in [0, 0.05) is 39.7 Å². The van der Waals surface area contributed by atoms with Crippen LogP contribution in [0, 0.1) is 11.6 Å². The highest BCUT2D eigenvalue weighted by atomic mass is 19.1. The van der Waals surface area contributed by atoms with Gasteiger partial charge in [0.1, 0.15) is 18.2 Å². The Balaban J connectivity index is 1.69. The van der Waals surface area contributed by atoms with E-state index >= 15 is 0 Å². The van der Waals surface area contributed by atoms with Crippen molar-refractivity contribution in [2.45, 2.75) is 38.9 Å². The fourth-order valence-electron chi connectivity index (χ4n) is 3.29. The molecule has 0 aliphatic carbocycles. The number of amides is 2. The first-order chi connectivity index (χ1) is 13.7. The highest BCUT2D eigenvalue weighted by Gasteiger charge is 2.27. The van der Waals surface area contributed by atoms with Crippen LogP contribution in [0.4, 0.5) is 8.78 Å². The van der Waals surface area contributed by atoms with Gasteiger partial charge in [-0.15, -0.1) is 0 Å². The topological polar surface area (TPSA) is 80.4 Å². The minimum Gasteiger partial charge on any atom is -0.347 e. The second-order valence-electron chi connectivity index (χ2n) is 7.38. The van der Waals surface area contributed by atoms with Crippen molar-refractivity contribution in [3.63, 3.8) is 0 Å². The van der Waals surface area contributed by atoms with E-state index in [1.54, 1.807) is 25.9 Å². The molecule has 1 aliphatic rings. The highest BCUT2D eigenvalue weighted by molar-refractivity contribution is 5.77. The number of nitrogens with zero attached hydrogens (tertiary/aromatic N) is 5. The molecular weight excluding hydrogens is 384 g/mol. The average Bonchev–Trinajstić information content (AvgIpc) is 2.96. The molecule has 1 aromatic heterocycles. The normalized spacial score (nSPS) is 14.4. The smallest absolute Gasteiger partial charge is 0.346 e. The van der Waals surface area contributed by atoms with E-state index in [9.17, 15) is 23.2 Å². The number of halogens is 2. The Morgan fingerprint density at radius 2 is 1.97 bits per heavy atom. The zero-order chi connectivity index (χ0) is 21.3. The summed E-state index contributed by atoms with van der Waals surface area (Å²) < 4.78 is 29.6. The fraction of sp³-hybridized carbons (Fsp3) is 0.474. The van der Waals surface area contributed by atoms with Crippen molar-refractivity contribution in [2.75, 3.05) is 20.6 Å². The van der Waals surface area contributed by atoms with Gasteiger partial charge in [-0.25, -0.2) is 18.3 Å². The number of rotatable bonds is 5. The Hall–Kier alpha value is -3.04. The summed E-state index contributed by atoms with van der Waals surface area (Å²) in [4.78, 5) is 39.8. The molecule has 0 radical (unpaired) electrons. The monoisotopic (exact) mass is 407 g/mol. The van der Waals surface area contributed by atoms with Crippen LogP contribution in [0.2, 0.25) is 0 Å². The molecule has 1 aromatic carbocycles. The number of hydrogen-bond acceptors (Lipinski definition) is 4. The summed E-state index contributed by atoms with van der Waals surface area (Å²) in [5.41, 5.74) is -0.107. The summed E-state index contributed by atoms with van der Waals surface area (Å²) >= 11 is 0. The van der Waals surface area contributed by atoms with Crippen LogP contribution < -0.4 is 5.69 Å². The van der Waals surface area contributed by atoms with Crippen LogP contribution >= 0.6 is 0 Å². The van der Waals surface area contributed by atoms with Crippen molar-refractivity contribution in [1.82, 2.24) is 24.1 Å². The molecule has 0 saturated carbocycles. The zero-order valence-corrected chi connectivity index (χ0v) is 16.6. The van der Waals surface area contributed by atoms with Gasteiger partial charge in [-0.05, 0) is 17.5 Å². The van der Waals surface area contributed by atoms with E-state index < -0.39 is 17.6 Å². The fourth-order valence-corrected chi connectivity index (χ4v) is 3.29. The number of aromatic nitrogens is 3. The summed E-state index contributed by atoms with van der Waals surface area (Å²) in [5, 5.41) is 4.19. The van der Waals surface area contributed by atoms with E-state index in [0.717, 1.165) is 10.7 Å². The molecule has 8 nitrogen and oxygen atoms in total. The molecular formula is C19H23F2N5O3. The third-order valence-corrected chi connectivity index (χ3v) is 5.04. The third kappa shape index (κ3) is 4.36. The highest BCUT2D eigenvalue weighted by Crippen LogP contribution is 2.24. The van der Waals surface area contributed by atoms with Crippen LogP contribution in [0.25, 0.3) is 0 Å². The molecule has 0 saturated heterocycles. The minimum atomic E-state index is -0.679. The minimum absolute atomic E-state index is 0.0482. The van der Waals surface area contributed by atoms with Crippen molar-refractivity contribution in [2.24, 2.45) is 0 Å². The maximum Gasteiger partial charge on any atom is 0.346 e. The molecule has 2 aromatic rings. The molecule has 29 heavy (non-hydrogen) atoms. The number of hydrogen-bond donors (Lipinski definition) is 0. The van der Waals surface area contributed by atoms with Gasteiger partial charge >= 0.3 is 5.69 Å². The molecule has 156 valence electrons. The van der Waals surface area contributed by atoms with Crippen LogP contribution in [0.1, 0.15) is 30.7 Å². The summed E-state index contributed by atoms with van der Waals surface area (Å²) in [6.45, 7) is 2.26. The Morgan fingerprint density at radius 3 is 2.62 bits per heavy atom. The Morgan fingerprint density at radius 1 is 1.24 bits per heavy atom. The molecule has 1 aliphatic heterocycles. The van der Waals surface area contributed by atoms with Gasteiger partial charge < -0.3 is 9.80 Å². The van der Waals surface area contributed by atoms with E-state index in [1.165, 1.54) is 21.6 Å². The second-order valence-corrected chi connectivity index (χ2v) is 7.38. The van der Waals surface area contributed by atoms with Crippen molar-refractivity contribution < 1.29 is 18.4 Å². The first kappa shape index (κ1) is 20.7. The maximum atomic E-state index is 14.0. The summed E-state index contributed by atoms with van der Waals surface area (Å²) in [7, 11) is 3.18. The molecule has 0 N–H and O–H groups in total. The van der Waals surface area contributed by atoms with Gasteiger partial charge in [0.05, 0.1) is 6.54 Å². The predicted octanol–water partition coefficient (Wildman–Crippen LogP) is 0.947. The third-order valence-electron chi connectivity index (χ3n) is 5.04. The zero-order valence-electron chi connectivity index (χ0n) is 16.6. The van der Waals surface area contributed by atoms with E-state index in [1.807, 2.05) is 0 Å². The van der Waals surface area contributed by atoms with Gasteiger partial charge in [0.15, 0.2) is 5.82 Å². The first-order valence-corrected chi connectivity index (χ1v) is 9.26.